The number of piperidine rings is 1. The number of ether oxygens (including phenoxy) is 1. The smallest absolute Gasteiger partial charge is 0.286 e. The second-order valence-electron chi connectivity index (χ2n) is 12.7. The highest BCUT2D eigenvalue weighted by Gasteiger charge is 2.24. The average Bonchev–Trinajstić information content (AvgIpc) is 3.12. The molecule has 4 aromatic rings. The number of nitrogens with one attached hydrogen (secondary N) is 1. The minimum absolute atomic E-state index is 0.0141. The normalized spacial score (nSPS) is 16.7. The van der Waals surface area contributed by atoms with Gasteiger partial charge in [0.15, 0.2) is 11.2 Å². The van der Waals surface area contributed by atoms with Crippen LogP contribution < -0.4 is 15.5 Å². The van der Waals surface area contributed by atoms with Crippen LogP contribution in [-0.2, 0) is 11.3 Å². The van der Waals surface area contributed by atoms with Crippen LogP contribution in [0.4, 0.5) is 0 Å². The zero-order valence-corrected chi connectivity index (χ0v) is 29.1. The molecule has 0 bridgehead atoms. The maximum atomic E-state index is 12.3. The van der Waals surface area contributed by atoms with Crippen molar-refractivity contribution in [2.24, 2.45) is 0 Å². The van der Waals surface area contributed by atoms with Crippen LogP contribution in [0.5, 0.6) is 5.75 Å². The average molecular weight is 681 g/mol. The summed E-state index contributed by atoms with van der Waals surface area (Å²) in [6.07, 6.45) is 11.7. The summed E-state index contributed by atoms with van der Waals surface area (Å²) in [6, 6.07) is 23.0. The summed E-state index contributed by atoms with van der Waals surface area (Å²) in [5.41, 5.74) is 5.77. The van der Waals surface area contributed by atoms with E-state index in [1.807, 2.05) is 12.1 Å². The molecule has 1 saturated carbocycles. The molecular weight excluding hydrogens is 636 g/mol. The van der Waals surface area contributed by atoms with Crippen molar-refractivity contribution in [1.29, 1.82) is 0 Å². The summed E-state index contributed by atoms with van der Waals surface area (Å²) in [5.74, 6) is 1.44. The Bertz CT molecular complexity index is 1850. The van der Waals surface area contributed by atoms with Gasteiger partial charge in [-0.3, -0.25) is 14.4 Å². The molecular formula is C41H45ClN2O5. The Balaban J connectivity index is 0.000000212. The van der Waals surface area contributed by atoms with Crippen molar-refractivity contribution in [3.8, 4) is 5.75 Å². The number of halogens is 1. The first-order chi connectivity index (χ1) is 23.7. The highest BCUT2D eigenvalue weighted by Crippen LogP contribution is 2.38. The first kappa shape index (κ1) is 35.7. The number of fused-ring (bicyclic) bond motifs is 1. The van der Waals surface area contributed by atoms with Crippen LogP contribution in [0.2, 0.25) is 5.02 Å². The maximum absolute atomic E-state index is 12.3. The summed E-state index contributed by atoms with van der Waals surface area (Å²) < 4.78 is 10.7. The van der Waals surface area contributed by atoms with Gasteiger partial charge in [-0.25, -0.2) is 0 Å². The van der Waals surface area contributed by atoms with Crippen LogP contribution in [0, 0.1) is 0 Å². The van der Waals surface area contributed by atoms with Gasteiger partial charge in [0, 0.05) is 37.6 Å². The lowest BCUT2D eigenvalue weighted by atomic mass is 9.79. The van der Waals surface area contributed by atoms with Crippen LogP contribution in [0.15, 0.2) is 106 Å². The third-order valence-corrected chi connectivity index (χ3v) is 9.56. The molecule has 1 aliphatic heterocycles. The number of likely N-dealkylation sites (tertiary alicyclic amines) is 1. The van der Waals surface area contributed by atoms with Crippen LogP contribution >= 0.6 is 11.6 Å². The highest BCUT2D eigenvalue weighted by atomic mass is 35.5. The molecule has 1 aliphatic carbocycles. The first-order valence-corrected chi connectivity index (χ1v) is 17.5. The van der Waals surface area contributed by atoms with Crippen molar-refractivity contribution in [2.45, 2.75) is 70.3 Å². The lowest BCUT2D eigenvalue weighted by Gasteiger charge is -2.30. The Kier molecular flexibility index (Phi) is 12.5. The molecule has 1 saturated heterocycles. The van der Waals surface area contributed by atoms with E-state index in [1.54, 1.807) is 29.8 Å². The summed E-state index contributed by atoms with van der Waals surface area (Å²) >= 11 is 6.03. The van der Waals surface area contributed by atoms with Crippen LogP contribution in [-0.4, -0.2) is 36.9 Å². The van der Waals surface area contributed by atoms with Crippen LogP contribution in [0.25, 0.3) is 11.0 Å². The summed E-state index contributed by atoms with van der Waals surface area (Å²) in [6.45, 7) is 7.86. The van der Waals surface area contributed by atoms with E-state index in [0.29, 0.717) is 47.5 Å². The molecule has 1 atom stereocenters. The van der Waals surface area contributed by atoms with Gasteiger partial charge in [0.25, 0.3) is 5.91 Å². The number of allylic oxidation sites excluding steroid dienone is 2. The van der Waals surface area contributed by atoms with Crippen molar-refractivity contribution in [3.63, 3.8) is 0 Å². The summed E-state index contributed by atoms with van der Waals surface area (Å²) in [5, 5.41) is 3.57. The van der Waals surface area contributed by atoms with E-state index in [-0.39, 0.29) is 11.2 Å². The molecule has 49 heavy (non-hydrogen) atoms. The molecule has 0 spiro atoms. The van der Waals surface area contributed by atoms with E-state index in [0.717, 1.165) is 31.0 Å². The quantitative estimate of drug-likeness (QED) is 0.178. The fraction of sp³-hybridized carbons (Fsp3) is 0.341. The highest BCUT2D eigenvalue weighted by molar-refractivity contribution is 6.30. The number of carbonyl (C=O) groups excluding carboxylic acids is 2. The number of rotatable bonds is 9. The Hall–Kier alpha value is -4.62. The second-order valence-corrected chi connectivity index (χ2v) is 13.2. The first-order valence-electron chi connectivity index (χ1n) is 17.1. The van der Waals surface area contributed by atoms with Crippen molar-refractivity contribution >= 4 is 34.4 Å². The molecule has 8 heteroatoms. The minimum atomic E-state index is -0.439. The Morgan fingerprint density at radius 1 is 1.04 bits per heavy atom. The number of nitrogens with zero attached hydrogens (tertiary/aromatic N) is 1. The molecule has 3 aromatic carbocycles. The topological polar surface area (TPSA) is 88.8 Å². The number of benzene rings is 3. The minimum Gasteiger partial charge on any atom is -0.490 e. The summed E-state index contributed by atoms with van der Waals surface area (Å²) in [4.78, 5) is 37.7. The molecule has 2 fully saturated rings. The zero-order chi connectivity index (χ0) is 34.8. The van der Waals surface area contributed by atoms with E-state index in [9.17, 15) is 14.4 Å². The summed E-state index contributed by atoms with van der Waals surface area (Å²) in [7, 11) is 1.47. The third kappa shape index (κ3) is 9.51. The van der Waals surface area contributed by atoms with Crippen LogP contribution in [0.1, 0.15) is 91.0 Å². The Morgan fingerprint density at radius 2 is 1.80 bits per heavy atom. The molecule has 1 N–H and O–H groups in total. The molecule has 2 amide bonds. The van der Waals surface area contributed by atoms with Gasteiger partial charge in [0.1, 0.15) is 17.9 Å². The van der Waals surface area contributed by atoms with E-state index >= 15 is 0 Å². The number of carbonyl (C=O) groups is 2. The Labute approximate surface area is 293 Å². The van der Waals surface area contributed by atoms with E-state index < -0.39 is 5.91 Å². The van der Waals surface area contributed by atoms with Crippen molar-refractivity contribution in [2.75, 3.05) is 20.2 Å². The molecule has 256 valence electrons. The zero-order valence-electron chi connectivity index (χ0n) is 28.4. The standard InChI is InChI=1S/C27H32ClNO.C14H13NO4/c1-20(22-13-15-25(28)16-14-22)18-21-9-11-23(12-10-21)26-7-3-2-6-24(26)19-29-17-5-4-8-27(29)30;1-3-6-18-9-4-5-12-10(7-9)11(16)8-13(19-12)14(17)15-2/h2-3,6-7,13-16,18,20,23H,4-5,8-12,17,19H2,1H3;3-5,7-8H,1,6H2,2H3,(H,15,17)/t20-,23?;/m0./s1. The lowest BCUT2D eigenvalue weighted by molar-refractivity contribution is -0.133. The lowest BCUT2D eigenvalue weighted by Crippen LogP contribution is -2.35. The fourth-order valence-corrected chi connectivity index (χ4v) is 6.73. The van der Waals surface area contributed by atoms with Gasteiger partial charge in [0.05, 0.1) is 5.39 Å². The monoisotopic (exact) mass is 680 g/mol. The molecule has 1 aromatic heterocycles. The second kappa shape index (κ2) is 17.2. The van der Waals surface area contributed by atoms with Gasteiger partial charge < -0.3 is 19.4 Å². The van der Waals surface area contributed by atoms with Gasteiger partial charge in [-0.05, 0) is 97.4 Å². The van der Waals surface area contributed by atoms with Gasteiger partial charge in [0.2, 0.25) is 5.91 Å². The van der Waals surface area contributed by atoms with E-state index in [2.05, 4.69) is 66.2 Å². The third-order valence-electron chi connectivity index (χ3n) is 9.30. The molecule has 0 radical (unpaired) electrons. The molecule has 6 rings (SSSR count). The SMILES string of the molecule is C=CCOc1ccc2oc(C(=O)NC)cc(=O)c2c1.C[C@@H](C=C1CCC(c2ccccc2CN2CCCCC2=O)CC1)c1ccc(Cl)cc1. The largest absolute Gasteiger partial charge is 0.490 e. The van der Waals surface area contributed by atoms with Gasteiger partial charge in [-0.15, -0.1) is 0 Å². The molecule has 0 unspecified atom stereocenters. The predicted octanol–water partition coefficient (Wildman–Crippen LogP) is 8.96. The number of hydrogen-bond donors (Lipinski definition) is 1. The fourth-order valence-electron chi connectivity index (χ4n) is 6.61. The number of hydrogen-bond acceptors (Lipinski definition) is 5. The van der Waals surface area contributed by atoms with E-state index in [4.69, 9.17) is 20.8 Å². The van der Waals surface area contributed by atoms with Gasteiger partial charge in [-0.2, -0.15) is 0 Å². The predicted molar refractivity (Wildman–Crippen MR) is 196 cm³/mol. The Morgan fingerprint density at radius 3 is 2.51 bits per heavy atom. The van der Waals surface area contributed by atoms with E-state index in [1.165, 1.54) is 55.5 Å². The van der Waals surface area contributed by atoms with Crippen molar-refractivity contribution < 1.29 is 18.7 Å². The molecule has 2 aliphatic rings. The molecule has 7 nitrogen and oxygen atoms in total. The van der Waals surface area contributed by atoms with Gasteiger partial charge >= 0.3 is 0 Å². The molecule has 2 heterocycles. The van der Waals surface area contributed by atoms with Crippen molar-refractivity contribution in [1.82, 2.24) is 10.2 Å². The number of amides is 2. The maximum Gasteiger partial charge on any atom is 0.286 e. The van der Waals surface area contributed by atoms with Crippen molar-refractivity contribution in [3.05, 3.63) is 135 Å². The van der Waals surface area contributed by atoms with Crippen LogP contribution in [0.3, 0.4) is 0 Å². The van der Waals surface area contributed by atoms with Gasteiger partial charge in [-0.1, -0.05) is 79.2 Å².